The van der Waals surface area contributed by atoms with Crippen LogP contribution >= 0.6 is 0 Å². The Hall–Kier alpha value is -2.10. The van der Waals surface area contributed by atoms with Crippen LogP contribution in [0.15, 0.2) is 54.7 Å². The second-order valence-corrected chi connectivity index (χ2v) is 7.56. The van der Waals surface area contributed by atoms with Crippen LogP contribution in [-0.4, -0.2) is 24.1 Å². The highest BCUT2D eigenvalue weighted by Gasteiger charge is 2.13. The molecule has 1 aliphatic rings. The third-order valence-corrected chi connectivity index (χ3v) is 5.40. The number of ether oxygens (including phenoxy) is 2. The molecule has 0 aliphatic carbocycles. The number of rotatable bonds is 7. The Morgan fingerprint density at radius 1 is 1.04 bits per heavy atom. The Morgan fingerprint density at radius 3 is 2.74 bits per heavy atom. The van der Waals surface area contributed by atoms with E-state index >= 15 is 0 Å². The van der Waals surface area contributed by atoms with Crippen LogP contribution in [0, 0.1) is 6.92 Å². The summed E-state index contributed by atoms with van der Waals surface area (Å²) in [5.41, 5.74) is 5.43. The van der Waals surface area contributed by atoms with Gasteiger partial charge in [0.05, 0.1) is 6.61 Å². The smallest absolute Gasteiger partial charge is 0.157 e. The standard InChI is InChI=1S/C24H29NO2/c1-19-5-4-6-20(17-19)8-9-21-10-11-22-12-13-25(23(22)18-21)14-16-27-24-7-2-3-15-26-24/h4-6,10-13,17-18,24H,2-3,7-9,14-16H2,1H3. The van der Waals surface area contributed by atoms with Crippen molar-refractivity contribution in [3.8, 4) is 0 Å². The molecule has 0 bridgehead atoms. The zero-order chi connectivity index (χ0) is 18.5. The average molecular weight is 364 g/mol. The van der Waals surface area contributed by atoms with Crippen LogP contribution < -0.4 is 0 Å². The maximum Gasteiger partial charge on any atom is 0.157 e. The van der Waals surface area contributed by atoms with Crippen LogP contribution in [0.25, 0.3) is 10.9 Å². The van der Waals surface area contributed by atoms with E-state index in [0.717, 1.165) is 38.8 Å². The van der Waals surface area contributed by atoms with Crippen molar-refractivity contribution in [2.45, 2.75) is 51.9 Å². The largest absolute Gasteiger partial charge is 0.353 e. The van der Waals surface area contributed by atoms with Gasteiger partial charge >= 0.3 is 0 Å². The molecule has 1 unspecified atom stereocenters. The molecule has 27 heavy (non-hydrogen) atoms. The van der Waals surface area contributed by atoms with Gasteiger partial charge in [-0.1, -0.05) is 42.0 Å². The molecule has 1 atom stereocenters. The Kier molecular flexibility index (Phi) is 5.90. The fourth-order valence-electron chi connectivity index (χ4n) is 3.86. The molecule has 0 saturated carbocycles. The fourth-order valence-corrected chi connectivity index (χ4v) is 3.86. The van der Waals surface area contributed by atoms with Crippen molar-refractivity contribution < 1.29 is 9.47 Å². The maximum absolute atomic E-state index is 5.91. The first-order valence-electron chi connectivity index (χ1n) is 10.1. The Balaban J connectivity index is 1.38. The van der Waals surface area contributed by atoms with Crippen LogP contribution in [-0.2, 0) is 28.9 Å². The van der Waals surface area contributed by atoms with E-state index in [0.29, 0.717) is 6.61 Å². The number of aryl methyl sites for hydroxylation is 3. The lowest BCUT2D eigenvalue weighted by Crippen LogP contribution is -2.23. The van der Waals surface area contributed by atoms with Crippen LogP contribution in [0.5, 0.6) is 0 Å². The van der Waals surface area contributed by atoms with Crippen LogP contribution in [0.4, 0.5) is 0 Å². The van der Waals surface area contributed by atoms with Crippen LogP contribution in [0.1, 0.15) is 36.0 Å². The summed E-state index contributed by atoms with van der Waals surface area (Å²) in [6, 6.07) is 17.8. The lowest BCUT2D eigenvalue weighted by Gasteiger charge is -2.22. The molecule has 1 aliphatic heterocycles. The summed E-state index contributed by atoms with van der Waals surface area (Å²) in [4.78, 5) is 0. The van der Waals surface area contributed by atoms with E-state index in [4.69, 9.17) is 9.47 Å². The van der Waals surface area contributed by atoms with Crippen molar-refractivity contribution in [2.75, 3.05) is 13.2 Å². The zero-order valence-corrected chi connectivity index (χ0v) is 16.2. The molecule has 142 valence electrons. The predicted octanol–water partition coefficient (Wildman–Crippen LogP) is 5.28. The highest BCUT2D eigenvalue weighted by molar-refractivity contribution is 5.80. The highest BCUT2D eigenvalue weighted by Crippen LogP contribution is 2.20. The topological polar surface area (TPSA) is 23.4 Å². The zero-order valence-electron chi connectivity index (χ0n) is 16.2. The van der Waals surface area contributed by atoms with Crippen LogP contribution in [0.2, 0.25) is 0 Å². The number of aromatic nitrogens is 1. The molecule has 0 spiro atoms. The van der Waals surface area contributed by atoms with E-state index in [-0.39, 0.29) is 6.29 Å². The first kappa shape index (κ1) is 18.3. The number of benzene rings is 2. The van der Waals surface area contributed by atoms with Crippen molar-refractivity contribution >= 4 is 10.9 Å². The van der Waals surface area contributed by atoms with Gasteiger partial charge < -0.3 is 14.0 Å². The minimum Gasteiger partial charge on any atom is -0.353 e. The van der Waals surface area contributed by atoms with Gasteiger partial charge in [0, 0.05) is 24.9 Å². The van der Waals surface area contributed by atoms with E-state index in [1.807, 2.05) is 0 Å². The third-order valence-electron chi connectivity index (χ3n) is 5.40. The molecule has 2 aromatic carbocycles. The molecule has 3 aromatic rings. The maximum atomic E-state index is 5.91. The molecular weight excluding hydrogens is 334 g/mol. The van der Waals surface area contributed by atoms with Gasteiger partial charge in [0.15, 0.2) is 6.29 Å². The van der Waals surface area contributed by atoms with Gasteiger partial charge in [-0.15, -0.1) is 0 Å². The van der Waals surface area contributed by atoms with E-state index in [9.17, 15) is 0 Å². The second kappa shape index (κ2) is 8.73. The van der Waals surface area contributed by atoms with Crippen molar-refractivity contribution in [1.82, 2.24) is 4.57 Å². The Morgan fingerprint density at radius 2 is 1.93 bits per heavy atom. The molecule has 3 heteroatoms. The lowest BCUT2D eigenvalue weighted by molar-refractivity contribution is -0.163. The molecule has 4 rings (SSSR count). The summed E-state index contributed by atoms with van der Waals surface area (Å²) < 4.78 is 13.9. The molecule has 1 saturated heterocycles. The first-order chi connectivity index (χ1) is 13.3. The van der Waals surface area contributed by atoms with Crippen molar-refractivity contribution in [3.63, 3.8) is 0 Å². The summed E-state index contributed by atoms with van der Waals surface area (Å²) in [7, 11) is 0. The summed E-state index contributed by atoms with van der Waals surface area (Å²) in [6.07, 6.45) is 7.70. The Labute approximate surface area is 161 Å². The molecular formula is C24H29NO2. The van der Waals surface area contributed by atoms with Gasteiger partial charge in [0.2, 0.25) is 0 Å². The van der Waals surface area contributed by atoms with Gasteiger partial charge in [-0.3, -0.25) is 0 Å². The molecule has 0 amide bonds. The second-order valence-electron chi connectivity index (χ2n) is 7.56. The summed E-state index contributed by atoms with van der Waals surface area (Å²) in [5, 5.41) is 1.29. The van der Waals surface area contributed by atoms with E-state index in [1.54, 1.807) is 0 Å². The molecule has 2 heterocycles. The average Bonchev–Trinajstić information content (AvgIpc) is 3.10. The molecule has 1 fully saturated rings. The number of hydrogen-bond donors (Lipinski definition) is 0. The quantitative estimate of drug-likeness (QED) is 0.570. The molecule has 3 nitrogen and oxygen atoms in total. The van der Waals surface area contributed by atoms with Crippen LogP contribution in [0.3, 0.4) is 0 Å². The van der Waals surface area contributed by atoms with Gasteiger partial charge in [-0.2, -0.15) is 0 Å². The summed E-state index contributed by atoms with van der Waals surface area (Å²) >= 11 is 0. The number of nitrogens with zero attached hydrogens (tertiary/aromatic N) is 1. The predicted molar refractivity (Wildman–Crippen MR) is 110 cm³/mol. The SMILES string of the molecule is Cc1cccc(CCc2ccc3ccn(CCOC4CCCCO4)c3c2)c1. The number of hydrogen-bond acceptors (Lipinski definition) is 2. The lowest BCUT2D eigenvalue weighted by atomic mass is 10.0. The highest BCUT2D eigenvalue weighted by atomic mass is 16.7. The first-order valence-corrected chi connectivity index (χ1v) is 10.1. The molecule has 0 radical (unpaired) electrons. The van der Waals surface area contributed by atoms with E-state index < -0.39 is 0 Å². The van der Waals surface area contributed by atoms with Gasteiger partial charge in [0.1, 0.15) is 0 Å². The monoisotopic (exact) mass is 363 g/mol. The van der Waals surface area contributed by atoms with Crippen molar-refractivity contribution in [1.29, 1.82) is 0 Å². The summed E-state index contributed by atoms with van der Waals surface area (Å²) in [6.45, 7) is 4.55. The van der Waals surface area contributed by atoms with Gasteiger partial charge in [0.25, 0.3) is 0 Å². The Bertz CT molecular complexity index is 877. The van der Waals surface area contributed by atoms with Gasteiger partial charge in [-0.05, 0) is 67.7 Å². The fraction of sp³-hybridized carbons (Fsp3) is 0.417. The minimum absolute atomic E-state index is 0.00883. The minimum atomic E-state index is -0.00883. The van der Waals surface area contributed by atoms with Crippen molar-refractivity contribution in [3.05, 3.63) is 71.4 Å². The molecule has 0 N–H and O–H groups in total. The van der Waals surface area contributed by atoms with Gasteiger partial charge in [-0.25, -0.2) is 0 Å². The normalized spacial score (nSPS) is 17.4. The summed E-state index contributed by atoms with van der Waals surface area (Å²) in [5.74, 6) is 0. The van der Waals surface area contributed by atoms with E-state index in [2.05, 4.69) is 66.2 Å². The molecule has 1 aromatic heterocycles. The van der Waals surface area contributed by atoms with Crippen molar-refractivity contribution in [2.24, 2.45) is 0 Å². The van der Waals surface area contributed by atoms with E-state index in [1.165, 1.54) is 34.0 Å². The third kappa shape index (κ3) is 4.79. The number of fused-ring (bicyclic) bond motifs is 1.